The normalized spacial score (nSPS) is 22.5. The number of aliphatic hydroxyl groups excluding tert-OH is 1. The van der Waals surface area contributed by atoms with Crippen molar-refractivity contribution in [1.82, 2.24) is 14.7 Å². The Labute approximate surface area is 285 Å². The topological polar surface area (TPSA) is 153 Å². The van der Waals surface area contributed by atoms with Crippen LogP contribution < -0.4 is 13.8 Å². The summed E-state index contributed by atoms with van der Waals surface area (Å²) in [6.07, 6.45) is -0.763. The third-order valence-electron chi connectivity index (χ3n) is 9.35. The summed E-state index contributed by atoms with van der Waals surface area (Å²) >= 11 is 0. The zero-order valence-electron chi connectivity index (χ0n) is 27.8. The maximum Gasteiger partial charge on any atom is 0.410 e. The quantitative estimate of drug-likeness (QED) is 0.352. The Hall–Kier alpha value is -4.68. The first-order valence-corrected chi connectivity index (χ1v) is 17.4. The first-order valence-electron chi connectivity index (χ1n) is 16.0. The molecular weight excluding hydrogens is 650 g/mol. The van der Waals surface area contributed by atoms with E-state index >= 15 is 4.79 Å². The number of nitrogens with zero attached hydrogens (tertiary/aromatic N) is 5. The second kappa shape index (κ2) is 13.3. The van der Waals surface area contributed by atoms with Crippen LogP contribution >= 0.6 is 0 Å². The van der Waals surface area contributed by atoms with Gasteiger partial charge in [0.2, 0.25) is 0 Å². The molecule has 3 aliphatic heterocycles. The molecule has 0 spiro atoms. The van der Waals surface area contributed by atoms with Crippen LogP contribution in [0, 0.1) is 11.3 Å². The summed E-state index contributed by atoms with van der Waals surface area (Å²) in [5, 5.41) is 21.1. The summed E-state index contributed by atoms with van der Waals surface area (Å²) < 4.78 is 46.8. The third kappa shape index (κ3) is 5.86. The SMILES string of the molecule is COc1ccc(S(=O)(=O)N2C(=O)C(c3ccc(CN4CCCC4)cc3OC)(N3C[C@H](O)C[C@@H]3OC(=O)N(C)C)c3cc(C#N)ccc32)cc1. The van der Waals surface area contributed by atoms with Crippen LogP contribution in [0.3, 0.4) is 0 Å². The van der Waals surface area contributed by atoms with E-state index in [2.05, 4.69) is 11.0 Å². The zero-order valence-corrected chi connectivity index (χ0v) is 28.6. The largest absolute Gasteiger partial charge is 0.497 e. The van der Waals surface area contributed by atoms with Gasteiger partial charge >= 0.3 is 6.09 Å². The van der Waals surface area contributed by atoms with Gasteiger partial charge in [-0.1, -0.05) is 12.1 Å². The molecule has 0 bridgehead atoms. The molecule has 1 unspecified atom stereocenters. The van der Waals surface area contributed by atoms with Crippen LogP contribution in [0.5, 0.6) is 11.5 Å². The predicted molar refractivity (Wildman–Crippen MR) is 178 cm³/mol. The van der Waals surface area contributed by atoms with E-state index in [4.69, 9.17) is 14.2 Å². The van der Waals surface area contributed by atoms with Crippen molar-refractivity contribution in [3.8, 4) is 17.6 Å². The zero-order chi connectivity index (χ0) is 35.1. The molecule has 258 valence electrons. The van der Waals surface area contributed by atoms with Gasteiger partial charge in [0.05, 0.1) is 42.5 Å². The van der Waals surface area contributed by atoms with Crippen molar-refractivity contribution in [1.29, 1.82) is 5.26 Å². The summed E-state index contributed by atoms with van der Waals surface area (Å²) in [4.78, 5) is 33.3. The summed E-state index contributed by atoms with van der Waals surface area (Å²) in [6.45, 7) is 2.40. The number of carbonyl (C=O) groups is 2. The number of nitriles is 1. The van der Waals surface area contributed by atoms with Crippen molar-refractivity contribution in [2.75, 3.05) is 52.3 Å². The lowest BCUT2D eigenvalue weighted by molar-refractivity contribution is -0.132. The number of methoxy groups -OCH3 is 2. The lowest BCUT2D eigenvalue weighted by Gasteiger charge is -2.41. The molecule has 2 amide bonds. The monoisotopic (exact) mass is 689 g/mol. The molecule has 3 heterocycles. The van der Waals surface area contributed by atoms with Crippen molar-refractivity contribution in [2.24, 2.45) is 0 Å². The Morgan fingerprint density at radius 3 is 2.37 bits per heavy atom. The lowest BCUT2D eigenvalue weighted by atomic mass is 9.80. The van der Waals surface area contributed by atoms with E-state index in [1.165, 1.54) is 80.6 Å². The highest BCUT2D eigenvalue weighted by atomic mass is 32.2. The second-order valence-corrected chi connectivity index (χ2v) is 14.4. The molecule has 6 rings (SSSR count). The number of rotatable bonds is 9. The number of sulfonamides is 1. The van der Waals surface area contributed by atoms with Crippen LogP contribution in [0.25, 0.3) is 0 Å². The number of hydrogen-bond acceptors (Lipinski definition) is 11. The first-order chi connectivity index (χ1) is 23.4. The minimum atomic E-state index is -4.57. The van der Waals surface area contributed by atoms with Crippen LogP contribution in [0.2, 0.25) is 0 Å². The minimum absolute atomic E-state index is 0.0158. The summed E-state index contributed by atoms with van der Waals surface area (Å²) in [5.41, 5.74) is -0.469. The maximum absolute atomic E-state index is 15.4. The van der Waals surface area contributed by atoms with Gasteiger partial charge in [-0.2, -0.15) is 5.26 Å². The Bertz CT molecular complexity index is 1910. The standard InChI is InChI=1S/C35H39N5O8S/c1-37(2)34(43)48-32-19-25(41)22-39(32)35(28-13-7-24(18-31(28)47-4)21-38-15-5-6-16-38)29-17-23(20-36)8-14-30(29)40(33(35)42)49(44,45)27-11-9-26(46-3)10-12-27/h7-14,17-18,25,32,41H,5-6,15-16,19,21-22H2,1-4H3/t25-,32+,35?/m1/s1. The van der Waals surface area contributed by atoms with E-state index < -0.39 is 39.9 Å². The van der Waals surface area contributed by atoms with Gasteiger partial charge in [0.25, 0.3) is 15.9 Å². The van der Waals surface area contributed by atoms with Gasteiger partial charge in [-0.3, -0.25) is 9.69 Å². The van der Waals surface area contributed by atoms with E-state index in [1.54, 1.807) is 6.07 Å². The van der Waals surface area contributed by atoms with Gasteiger partial charge in [0.1, 0.15) is 11.5 Å². The number of anilines is 1. The van der Waals surface area contributed by atoms with E-state index in [1.807, 2.05) is 12.1 Å². The molecule has 0 saturated carbocycles. The van der Waals surface area contributed by atoms with Crippen molar-refractivity contribution in [3.63, 3.8) is 0 Å². The number of amides is 2. The number of ether oxygens (including phenoxy) is 3. The van der Waals surface area contributed by atoms with Crippen molar-refractivity contribution in [2.45, 2.75) is 48.6 Å². The average Bonchev–Trinajstić information content (AvgIpc) is 3.80. The van der Waals surface area contributed by atoms with E-state index in [9.17, 15) is 23.6 Å². The van der Waals surface area contributed by atoms with Crippen molar-refractivity contribution in [3.05, 3.63) is 82.9 Å². The molecule has 3 aromatic carbocycles. The van der Waals surface area contributed by atoms with Gasteiger partial charge in [-0.15, -0.1) is 0 Å². The Morgan fingerprint density at radius 1 is 1.02 bits per heavy atom. The van der Waals surface area contributed by atoms with E-state index in [0.717, 1.165) is 35.8 Å². The highest BCUT2D eigenvalue weighted by molar-refractivity contribution is 7.93. The number of β-amino-alcohol motifs (C(OH)–C–C–N with tert-alkyl or cyclic N) is 1. The second-order valence-electron chi connectivity index (χ2n) is 12.6. The predicted octanol–water partition coefficient (Wildman–Crippen LogP) is 3.24. The highest BCUT2D eigenvalue weighted by Gasteiger charge is 2.63. The van der Waals surface area contributed by atoms with Gasteiger partial charge in [-0.25, -0.2) is 22.4 Å². The van der Waals surface area contributed by atoms with Crippen molar-refractivity contribution < 1.29 is 37.3 Å². The third-order valence-corrected chi connectivity index (χ3v) is 11.1. The van der Waals surface area contributed by atoms with E-state index in [-0.39, 0.29) is 40.2 Å². The van der Waals surface area contributed by atoms with Gasteiger partial charge < -0.3 is 24.2 Å². The smallest absolute Gasteiger partial charge is 0.410 e. The molecule has 1 N–H and O–H groups in total. The molecule has 49 heavy (non-hydrogen) atoms. The fraction of sp³-hybridized carbons (Fsp3) is 0.400. The molecule has 14 heteroatoms. The fourth-order valence-electron chi connectivity index (χ4n) is 7.03. The molecule has 0 aromatic heterocycles. The molecule has 2 fully saturated rings. The number of likely N-dealkylation sites (tertiary alicyclic amines) is 2. The van der Waals surface area contributed by atoms with Crippen molar-refractivity contribution >= 4 is 27.7 Å². The number of carbonyl (C=O) groups excluding carboxylic acids is 2. The Kier molecular flexibility index (Phi) is 9.29. The van der Waals surface area contributed by atoms with Crippen LogP contribution in [0.1, 0.15) is 41.5 Å². The van der Waals surface area contributed by atoms with Crippen LogP contribution in [0.15, 0.2) is 65.6 Å². The van der Waals surface area contributed by atoms with E-state index in [0.29, 0.717) is 18.0 Å². The van der Waals surface area contributed by atoms with Gasteiger partial charge in [-0.05, 0) is 80.0 Å². The Morgan fingerprint density at radius 2 is 1.73 bits per heavy atom. The van der Waals surface area contributed by atoms with Crippen LogP contribution in [0.4, 0.5) is 10.5 Å². The number of aliphatic hydroxyl groups is 1. The van der Waals surface area contributed by atoms with Crippen LogP contribution in [-0.4, -0.2) is 101 Å². The molecule has 2 saturated heterocycles. The van der Waals surface area contributed by atoms with Gasteiger partial charge in [0.15, 0.2) is 11.8 Å². The highest BCUT2D eigenvalue weighted by Crippen LogP contribution is 2.54. The molecule has 3 aromatic rings. The summed E-state index contributed by atoms with van der Waals surface area (Å²) in [7, 11) is 1.37. The molecule has 0 radical (unpaired) electrons. The maximum atomic E-state index is 15.4. The lowest BCUT2D eigenvalue weighted by Crippen LogP contribution is -2.57. The molecular formula is C35H39N5O8S. The fourth-order valence-corrected chi connectivity index (χ4v) is 8.49. The summed E-state index contributed by atoms with van der Waals surface area (Å²) in [5.74, 6) is -0.185. The van der Waals surface area contributed by atoms with Crippen LogP contribution in [-0.2, 0) is 31.6 Å². The number of fused-ring (bicyclic) bond motifs is 1. The molecule has 0 aliphatic carbocycles. The molecule has 3 atom stereocenters. The Balaban J connectivity index is 1.62. The molecule has 13 nitrogen and oxygen atoms in total. The first kappa shape index (κ1) is 34.2. The summed E-state index contributed by atoms with van der Waals surface area (Å²) in [6, 6.07) is 17.5. The number of hydrogen-bond donors (Lipinski definition) is 1. The number of benzene rings is 3. The minimum Gasteiger partial charge on any atom is -0.497 e. The molecule has 3 aliphatic rings. The van der Waals surface area contributed by atoms with Gasteiger partial charge in [0, 0.05) is 44.7 Å². The average molecular weight is 690 g/mol.